The third-order valence-corrected chi connectivity index (χ3v) is 5.19. The van der Waals surface area contributed by atoms with Crippen LogP contribution in [0.15, 0.2) is 57.8 Å². The first-order valence-corrected chi connectivity index (χ1v) is 9.57. The third-order valence-electron chi connectivity index (χ3n) is 3.54. The van der Waals surface area contributed by atoms with Crippen LogP contribution in [0.4, 0.5) is 8.78 Å². The van der Waals surface area contributed by atoms with Gasteiger partial charge in [0.1, 0.15) is 0 Å². The molecule has 3 aromatic rings. The molecule has 0 aliphatic carbocycles. The SMILES string of the molecule is O=C(OCc1nnc(-c2ccc(Cl)cc2)o1)c1ccc(S(=O)(=O)C(F)F)cc1. The molecule has 0 saturated carbocycles. The Bertz CT molecular complexity index is 1080. The number of rotatable bonds is 6. The molecule has 0 N–H and O–H groups in total. The summed E-state index contributed by atoms with van der Waals surface area (Å²) in [5, 5.41) is 8.14. The molecule has 11 heteroatoms. The van der Waals surface area contributed by atoms with Crippen LogP contribution in [0.1, 0.15) is 16.2 Å². The van der Waals surface area contributed by atoms with E-state index in [1.165, 1.54) is 0 Å². The first kappa shape index (κ1) is 19.9. The van der Waals surface area contributed by atoms with Crippen molar-refractivity contribution in [2.75, 3.05) is 0 Å². The smallest absolute Gasteiger partial charge is 0.341 e. The summed E-state index contributed by atoms with van der Waals surface area (Å²) in [7, 11) is -4.73. The summed E-state index contributed by atoms with van der Waals surface area (Å²) in [6, 6.07) is 10.6. The molecular weight excluding hydrogens is 418 g/mol. The highest BCUT2D eigenvalue weighted by atomic mass is 35.5. The lowest BCUT2D eigenvalue weighted by molar-refractivity contribution is 0.0438. The van der Waals surface area contributed by atoms with Gasteiger partial charge < -0.3 is 9.15 Å². The van der Waals surface area contributed by atoms with Crippen LogP contribution in [-0.4, -0.2) is 30.3 Å². The predicted molar refractivity (Wildman–Crippen MR) is 93.5 cm³/mol. The van der Waals surface area contributed by atoms with Gasteiger partial charge in [0.25, 0.3) is 5.89 Å². The lowest BCUT2D eigenvalue weighted by Gasteiger charge is -2.05. The van der Waals surface area contributed by atoms with E-state index in [0.717, 1.165) is 24.3 Å². The molecule has 0 saturated heterocycles. The van der Waals surface area contributed by atoms with E-state index in [0.29, 0.717) is 10.6 Å². The summed E-state index contributed by atoms with van der Waals surface area (Å²) in [4.78, 5) is 11.4. The molecule has 0 spiro atoms. The largest absolute Gasteiger partial charge is 0.452 e. The summed E-state index contributed by atoms with van der Waals surface area (Å²) in [5.41, 5.74) is 0.607. The van der Waals surface area contributed by atoms with Crippen molar-refractivity contribution >= 4 is 27.4 Å². The van der Waals surface area contributed by atoms with Gasteiger partial charge in [-0.25, -0.2) is 13.2 Å². The molecule has 0 radical (unpaired) electrons. The molecule has 28 heavy (non-hydrogen) atoms. The molecule has 0 bridgehead atoms. The normalized spacial score (nSPS) is 11.6. The van der Waals surface area contributed by atoms with Gasteiger partial charge >= 0.3 is 11.7 Å². The number of nitrogens with zero attached hydrogens (tertiary/aromatic N) is 2. The van der Waals surface area contributed by atoms with E-state index >= 15 is 0 Å². The van der Waals surface area contributed by atoms with Gasteiger partial charge in [0.2, 0.25) is 15.7 Å². The number of sulfone groups is 1. The molecule has 2 aromatic carbocycles. The summed E-state index contributed by atoms with van der Waals surface area (Å²) in [5.74, 6) is -4.11. The first-order chi connectivity index (χ1) is 13.3. The van der Waals surface area contributed by atoms with Gasteiger partial charge in [0.05, 0.1) is 10.5 Å². The molecule has 0 aliphatic rings. The molecule has 0 fully saturated rings. The number of hydrogen-bond donors (Lipinski definition) is 0. The minimum Gasteiger partial charge on any atom is -0.452 e. The van der Waals surface area contributed by atoms with E-state index in [2.05, 4.69) is 10.2 Å². The van der Waals surface area contributed by atoms with Crippen molar-refractivity contribution in [1.29, 1.82) is 0 Å². The molecule has 0 atom stereocenters. The van der Waals surface area contributed by atoms with Gasteiger partial charge in [-0.15, -0.1) is 10.2 Å². The van der Waals surface area contributed by atoms with Crippen molar-refractivity contribution in [3.05, 3.63) is 65.0 Å². The van der Waals surface area contributed by atoms with Crippen molar-refractivity contribution in [1.82, 2.24) is 10.2 Å². The quantitative estimate of drug-likeness (QED) is 0.551. The third kappa shape index (κ3) is 4.34. The Balaban J connectivity index is 1.64. The molecule has 1 heterocycles. The molecule has 146 valence electrons. The Labute approximate surface area is 162 Å². The minimum atomic E-state index is -4.73. The van der Waals surface area contributed by atoms with Crippen LogP contribution in [0.2, 0.25) is 5.02 Å². The molecule has 0 aliphatic heterocycles. The summed E-state index contributed by atoms with van der Waals surface area (Å²) >= 11 is 5.80. The van der Waals surface area contributed by atoms with Crippen molar-refractivity contribution in [3.8, 4) is 11.5 Å². The number of carbonyl (C=O) groups is 1. The fourth-order valence-corrected chi connectivity index (χ4v) is 2.96. The molecule has 0 amide bonds. The van der Waals surface area contributed by atoms with Gasteiger partial charge in [-0.05, 0) is 48.5 Å². The van der Waals surface area contributed by atoms with Crippen molar-refractivity contribution in [3.63, 3.8) is 0 Å². The number of benzene rings is 2. The van der Waals surface area contributed by atoms with Crippen LogP contribution in [-0.2, 0) is 21.2 Å². The first-order valence-electron chi connectivity index (χ1n) is 7.65. The van der Waals surface area contributed by atoms with E-state index < -0.39 is 26.5 Å². The predicted octanol–water partition coefficient (Wildman–Crippen LogP) is 3.74. The Morgan fingerprint density at radius 2 is 1.71 bits per heavy atom. The highest BCUT2D eigenvalue weighted by Gasteiger charge is 2.26. The Hall–Kier alpha value is -2.85. The molecule has 7 nitrogen and oxygen atoms in total. The number of alkyl halides is 2. The Morgan fingerprint density at radius 1 is 1.07 bits per heavy atom. The maximum absolute atomic E-state index is 12.5. The average Bonchev–Trinajstić information content (AvgIpc) is 3.15. The Kier molecular flexibility index (Phi) is 5.71. The fraction of sp³-hybridized carbons (Fsp3) is 0.118. The lowest BCUT2D eigenvalue weighted by Crippen LogP contribution is -2.12. The summed E-state index contributed by atoms with van der Waals surface area (Å²) in [6.07, 6.45) is 0. The van der Waals surface area contributed by atoms with Crippen LogP contribution in [0.3, 0.4) is 0 Å². The van der Waals surface area contributed by atoms with Gasteiger partial charge in [-0.3, -0.25) is 0 Å². The van der Waals surface area contributed by atoms with Crippen LogP contribution in [0, 0.1) is 0 Å². The lowest BCUT2D eigenvalue weighted by atomic mass is 10.2. The number of carbonyl (C=O) groups excluding carboxylic acids is 1. The van der Waals surface area contributed by atoms with Crippen LogP contribution >= 0.6 is 11.6 Å². The van der Waals surface area contributed by atoms with Crippen molar-refractivity contribution in [2.24, 2.45) is 0 Å². The van der Waals surface area contributed by atoms with Crippen LogP contribution in [0.25, 0.3) is 11.5 Å². The van der Waals surface area contributed by atoms with Gasteiger partial charge in [0.15, 0.2) is 6.61 Å². The monoisotopic (exact) mass is 428 g/mol. The molecular formula is C17H11ClF2N2O5S. The van der Waals surface area contributed by atoms with Crippen molar-refractivity contribution in [2.45, 2.75) is 17.3 Å². The zero-order valence-corrected chi connectivity index (χ0v) is 15.5. The molecule has 1 aromatic heterocycles. The summed E-state index contributed by atoms with van der Waals surface area (Å²) < 4.78 is 58.1. The summed E-state index contributed by atoms with van der Waals surface area (Å²) in [6.45, 7) is -0.323. The number of ether oxygens (including phenoxy) is 1. The number of hydrogen-bond acceptors (Lipinski definition) is 7. The van der Waals surface area contributed by atoms with Crippen molar-refractivity contribution < 1.29 is 31.1 Å². The second-order valence-corrected chi connectivity index (χ2v) is 7.77. The van der Waals surface area contributed by atoms with Crippen LogP contribution in [0.5, 0.6) is 0 Å². The van der Waals surface area contributed by atoms with Crippen LogP contribution < -0.4 is 0 Å². The maximum atomic E-state index is 12.5. The minimum absolute atomic E-state index is 0.0225. The average molecular weight is 429 g/mol. The van der Waals surface area contributed by atoms with E-state index in [1.54, 1.807) is 24.3 Å². The second kappa shape index (κ2) is 8.03. The number of aromatic nitrogens is 2. The van der Waals surface area contributed by atoms with E-state index in [-0.39, 0.29) is 24.0 Å². The molecule has 0 unspecified atom stereocenters. The topological polar surface area (TPSA) is 99.4 Å². The zero-order chi connectivity index (χ0) is 20.3. The number of esters is 1. The highest BCUT2D eigenvalue weighted by molar-refractivity contribution is 7.91. The van der Waals surface area contributed by atoms with Gasteiger partial charge in [0, 0.05) is 10.6 Å². The molecule has 3 rings (SSSR count). The Morgan fingerprint density at radius 3 is 2.32 bits per heavy atom. The van der Waals surface area contributed by atoms with E-state index in [9.17, 15) is 22.0 Å². The maximum Gasteiger partial charge on any atom is 0.341 e. The van der Waals surface area contributed by atoms with E-state index in [1.807, 2.05) is 0 Å². The fourth-order valence-electron chi connectivity index (χ4n) is 2.12. The highest BCUT2D eigenvalue weighted by Crippen LogP contribution is 2.21. The second-order valence-electron chi connectivity index (χ2n) is 5.41. The van der Waals surface area contributed by atoms with Gasteiger partial charge in [-0.1, -0.05) is 11.6 Å². The standard InChI is InChI=1S/C17H11ClF2N2O5S/c18-12-5-1-10(2-6-12)15-22-21-14(27-15)9-26-16(23)11-3-7-13(8-4-11)28(24,25)17(19)20/h1-8,17H,9H2. The van der Waals surface area contributed by atoms with Gasteiger partial charge in [-0.2, -0.15) is 8.78 Å². The van der Waals surface area contributed by atoms with E-state index in [4.69, 9.17) is 20.8 Å². The zero-order valence-electron chi connectivity index (χ0n) is 13.9. The number of halogens is 3.